The predicted molar refractivity (Wildman–Crippen MR) is 47.6 cm³/mol. The SMILES string of the molecule is Cn1cc(Br)c(/C=C/C(=O)O)n1. The van der Waals surface area contributed by atoms with Crippen molar-refractivity contribution in [3.8, 4) is 0 Å². The first-order valence-electron chi connectivity index (χ1n) is 3.20. The quantitative estimate of drug-likeness (QED) is 0.780. The molecule has 0 aliphatic carbocycles. The second kappa shape index (κ2) is 3.53. The van der Waals surface area contributed by atoms with Crippen LogP contribution in [0.3, 0.4) is 0 Å². The molecule has 0 aliphatic rings. The zero-order valence-electron chi connectivity index (χ0n) is 6.36. The Morgan fingerprint density at radius 1 is 1.83 bits per heavy atom. The number of aliphatic carboxylic acids is 1. The largest absolute Gasteiger partial charge is 0.478 e. The fourth-order valence-electron chi connectivity index (χ4n) is 0.740. The first kappa shape index (κ1) is 8.99. The molecule has 0 saturated carbocycles. The third-order valence-corrected chi connectivity index (χ3v) is 1.81. The van der Waals surface area contributed by atoms with Gasteiger partial charge in [0.25, 0.3) is 0 Å². The fourth-order valence-corrected chi connectivity index (χ4v) is 1.25. The maximum absolute atomic E-state index is 10.2. The summed E-state index contributed by atoms with van der Waals surface area (Å²) < 4.78 is 2.38. The summed E-state index contributed by atoms with van der Waals surface area (Å²) >= 11 is 3.24. The Labute approximate surface area is 77.6 Å². The topological polar surface area (TPSA) is 55.1 Å². The lowest BCUT2D eigenvalue weighted by Gasteiger charge is -1.83. The van der Waals surface area contributed by atoms with Gasteiger partial charge in [-0.25, -0.2) is 4.79 Å². The second-order valence-electron chi connectivity index (χ2n) is 2.21. The van der Waals surface area contributed by atoms with Crippen molar-refractivity contribution in [3.63, 3.8) is 0 Å². The molecular weight excluding hydrogens is 224 g/mol. The summed E-state index contributed by atoms with van der Waals surface area (Å²) in [7, 11) is 1.77. The highest BCUT2D eigenvalue weighted by Gasteiger charge is 2.00. The van der Waals surface area contributed by atoms with Gasteiger partial charge in [-0.05, 0) is 22.0 Å². The van der Waals surface area contributed by atoms with Crippen molar-refractivity contribution in [2.45, 2.75) is 0 Å². The summed E-state index contributed by atoms with van der Waals surface area (Å²) in [6.45, 7) is 0. The number of aryl methyl sites for hydroxylation is 1. The number of carboxylic acids is 1. The first-order valence-corrected chi connectivity index (χ1v) is 3.99. The number of hydrogen-bond donors (Lipinski definition) is 1. The monoisotopic (exact) mass is 230 g/mol. The van der Waals surface area contributed by atoms with Crippen LogP contribution in [0.5, 0.6) is 0 Å². The van der Waals surface area contributed by atoms with Gasteiger partial charge in [-0.15, -0.1) is 0 Å². The van der Waals surface area contributed by atoms with Crippen molar-refractivity contribution in [2.24, 2.45) is 7.05 Å². The van der Waals surface area contributed by atoms with Gasteiger partial charge < -0.3 is 5.11 Å². The first-order chi connectivity index (χ1) is 5.59. The van der Waals surface area contributed by atoms with Crippen LogP contribution in [0, 0.1) is 0 Å². The van der Waals surface area contributed by atoms with Gasteiger partial charge in [-0.1, -0.05) is 0 Å². The molecule has 0 atom stereocenters. The minimum Gasteiger partial charge on any atom is -0.478 e. The molecule has 0 bridgehead atoms. The summed E-state index contributed by atoms with van der Waals surface area (Å²) in [5.41, 5.74) is 0.611. The smallest absolute Gasteiger partial charge is 0.328 e. The molecule has 1 aromatic heterocycles. The van der Waals surface area contributed by atoms with Crippen LogP contribution in [-0.4, -0.2) is 20.9 Å². The fraction of sp³-hybridized carbons (Fsp3) is 0.143. The summed E-state index contributed by atoms with van der Waals surface area (Å²) in [6, 6.07) is 0. The highest BCUT2D eigenvalue weighted by Crippen LogP contribution is 2.15. The van der Waals surface area contributed by atoms with E-state index in [1.807, 2.05) is 0 Å². The maximum atomic E-state index is 10.2. The molecule has 0 unspecified atom stereocenters. The normalized spacial score (nSPS) is 10.8. The van der Waals surface area contributed by atoms with E-state index >= 15 is 0 Å². The number of halogens is 1. The van der Waals surface area contributed by atoms with Crippen LogP contribution >= 0.6 is 15.9 Å². The Bertz CT molecular complexity index is 330. The average Bonchev–Trinajstić information content (AvgIpc) is 2.26. The van der Waals surface area contributed by atoms with Crippen LogP contribution in [0.25, 0.3) is 6.08 Å². The molecule has 64 valence electrons. The van der Waals surface area contributed by atoms with Crippen molar-refractivity contribution in [1.82, 2.24) is 9.78 Å². The summed E-state index contributed by atoms with van der Waals surface area (Å²) in [4.78, 5) is 10.2. The Kier molecular flexibility index (Phi) is 2.65. The van der Waals surface area contributed by atoms with E-state index in [0.717, 1.165) is 10.5 Å². The Morgan fingerprint density at radius 3 is 2.92 bits per heavy atom. The van der Waals surface area contributed by atoms with Gasteiger partial charge in [-0.3, -0.25) is 4.68 Å². The van der Waals surface area contributed by atoms with Crippen LogP contribution in [0.4, 0.5) is 0 Å². The number of rotatable bonds is 2. The molecule has 0 aromatic carbocycles. The molecule has 1 heterocycles. The zero-order chi connectivity index (χ0) is 9.14. The minimum absolute atomic E-state index is 0.611. The van der Waals surface area contributed by atoms with Crippen molar-refractivity contribution < 1.29 is 9.90 Å². The number of hydrogen-bond acceptors (Lipinski definition) is 2. The lowest BCUT2D eigenvalue weighted by Crippen LogP contribution is -1.88. The van der Waals surface area contributed by atoms with Gasteiger partial charge in [0, 0.05) is 19.3 Å². The predicted octanol–water partition coefficient (Wildman–Crippen LogP) is 1.28. The highest BCUT2D eigenvalue weighted by molar-refractivity contribution is 9.10. The minimum atomic E-state index is -0.979. The van der Waals surface area contributed by atoms with Crippen LogP contribution in [0.2, 0.25) is 0 Å². The van der Waals surface area contributed by atoms with Crippen LogP contribution < -0.4 is 0 Å². The highest BCUT2D eigenvalue weighted by atomic mass is 79.9. The molecule has 12 heavy (non-hydrogen) atoms. The Morgan fingerprint density at radius 2 is 2.50 bits per heavy atom. The molecule has 5 heteroatoms. The van der Waals surface area contributed by atoms with Crippen LogP contribution in [0.15, 0.2) is 16.7 Å². The van der Waals surface area contributed by atoms with E-state index in [2.05, 4.69) is 21.0 Å². The van der Waals surface area contributed by atoms with Gasteiger partial charge in [0.15, 0.2) is 0 Å². The van der Waals surface area contributed by atoms with E-state index in [1.54, 1.807) is 17.9 Å². The van der Waals surface area contributed by atoms with E-state index in [-0.39, 0.29) is 0 Å². The number of carbonyl (C=O) groups is 1. The molecule has 1 rings (SSSR count). The molecule has 0 saturated heterocycles. The van der Waals surface area contributed by atoms with E-state index in [4.69, 9.17) is 5.11 Å². The summed E-state index contributed by atoms with van der Waals surface area (Å²) in [5, 5.41) is 12.3. The lowest BCUT2D eigenvalue weighted by atomic mass is 10.4. The van der Waals surface area contributed by atoms with Gasteiger partial charge in [-0.2, -0.15) is 5.10 Å². The Hall–Kier alpha value is -1.10. The van der Waals surface area contributed by atoms with E-state index in [1.165, 1.54) is 6.08 Å². The van der Waals surface area contributed by atoms with E-state index in [9.17, 15) is 4.79 Å². The molecule has 0 fully saturated rings. The zero-order valence-corrected chi connectivity index (χ0v) is 7.95. The Balaban J connectivity index is 2.89. The van der Waals surface area contributed by atoms with Crippen molar-refractivity contribution in [3.05, 3.63) is 22.4 Å². The summed E-state index contributed by atoms with van der Waals surface area (Å²) in [6.07, 6.45) is 4.24. The number of aromatic nitrogens is 2. The molecule has 4 nitrogen and oxygen atoms in total. The van der Waals surface area contributed by atoms with E-state index < -0.39 is 5.97 Å². The van der Waals surface area contributed by atoms with Gasteiger partial charge in [0.2, 0.25) is 0 Å². The third kappa shape index (κ3) is 2.20. The second-order valence-corrected chi connectivity index (χ2v) is 3.06. The molecule has 1 aromatic rings. The average molecular weight is 231 g/mol. The number of carboxylic acid groups (broad SMARTS) is 1. The molecule has 0 amide bonds. The van der Waals surface area contributed by atoms with Crippen molar-refractivity contribution >= 4 is 28.0 Å². The standard InChI is InChI=1S/C7H7BrN2O2/c1-10-4-5(8)6(9-10)2-3-7(11)12/h2-4H,1H3,(H,11,12)/b3-2+. The lowest BCUT2D eigenvalue weighted by molar-refractivity contribution is -0.131. The van der Waals surface area contributed by atoms with E-state index in [0.29, 0.717) is 5.69 Å². The third-order valence-electron chi connectivity index (χ3n) is 1.19. The molecule has 0 aliphatic heterocycles. The molecule has 1 N–H and O–H groups in total. The molecule has 0 spiro atoms. The summed E-state index contributed by atoms with van der Waals surface area (Å²) in [5.74, 6) is -0.979. The van der Waals surface area contributed by atoms with Gasteiger partial charge >= 0.3 is 5.97 Å². The van der Waals surface area contributed by atoms with Gasteiger partial charge in [0.1, 0.15) is 0 Å². The molecular formula is C7H7BrN2O2. The van der Waals surface area contributed by atoms with Crippen LogP contribution in [-0.2, 0) is 11.8 Å². The maximum Gasteiger partial charge on any atom is 0.328 e. The molecule has 0 radical (unpaired) electrons. The van der Waals surface area contributed by atoms with Crippen LogP contribution in [0.1, 0.15) is 5.69 Å². The van der Waals surface area contributed by atoms with Crippen molar-refractivity contribution in [1.29, 1.82) is 0 Å². The van der Waals surface area contributed by atoms with Gasteiger partial charge in [0.05, 0.1) is 10.2 Å². The van der Waals surface area contributed by atoms with Crippen molar-refractivity contribution in [2.75, 3.05) is 0 Å². The number of nitrogens with zero attached hydrogens (tertiary/aromatic N) is 2.